The third-order valence-electron chi connectivity index (χ3n) is 2.93. The van der Waals surface area contributed by atoms with Gasteiger partial charge in [0.25, 0.3) is 0 Å². The Morgan fingerprint density at radius 1 is 1.25 bits per heavy atom. The third kappa shape index (κ3) is 3.64. The molecule has 0 aliphatic heterocycles. The van der Waals surface area contributed by atoms with Crippen LogP contribution in [0.15, 0.2) is 40.9 Å². The van der Waals surface area contributed by atoms with Crippen LogP contribution in [0.25, 0.3) is 0 Å². The van der Waals surface area contributed by atoms with Crippen LogP contribution >= 0.6 is 27.5 Å². The Morgan fingerprint density at radius 3 is 2.65 bits per heavy atom. The molecule has 0 aliphatic carbocycles. The average molecular weight is 359 g/mol. The van der Waals surface area contributed by atoms with Crippen LogP contribution in [0.3, 0.4) is 0 Å². The molecule has 2 rings (SSSR count). The summed E-state index contributed by atoms with van der Waals surface area (Å²) >= 11 is 9.11. The number of ether oxygens (including phenoxy) is 1. The molecule has 2 nitrogen and oxygen atoms in total. The largest absolute Gasteiger partial charge is 0.497 e. The Labute approximate surface area is 131 Å². The Hall–Kier alpha value is -1.26. The number of benzene rings is 2. The highest BCUT2D eigenvalue weighted by Crippen LogP contribution is 2.28. The van der Waals surface area contributed by atoms with Crippen molar-refractivity contribution in [2.75, 3.05) is 12.4 Å². The third-order valence-corrected chi connectivity index (χ3v) is 3.70. The van der Waals surface area contributed by atoms with Gasteiger partial charge >= 0.3 is 0 Å². The summed E-state index contributed by atoms with van der Waals surface area (Å²) in [5, 5.41) is 3.43. The molecule has 106 valence electrons. The van der Waals surface area contributed by atoms with E-state index in [0.29, 0.717) is 0 Å². The molecule has 0 aromatic heterocycles. The average Bonchev–Trinajstić information content (AvgIpc) is 2.41. The van der Waals surface area contributed by atoms with E-state index in [1.165, 1.54) is 6.07 Å². The monoisotopic (exact) mass is 357 g/mol. The SMILES string of the molecule is COc1cc(Br)cc(NC(C)c2ccc(Cl)c(F)c2)c1. The van der Waals surface area contributed by atoms with Crippen molar-refractivity contribution in [3.05, 3.63) is 57.3 Å². The quantitative estimate of drug-likeness (QED) is 0.787. The van der Waals surface area contributed by atoms with Gasteiger partial charge in [-0.25, -0.2) is 4.39 Å². The van der Waals surface area contributed by atoms with Crippen molar-refractivity contribution in [2.45, 2.75) is 13.0 Å². The summed E-state index contributed by atoms with van der Waals surface area (Å²) in [5.41, 5.74) is 1.71. The van der Waals surface area contributed by atoms with Gasteiger partial charge < -0.3 is 10.1 Å². The van der Waals surface area contributed by atoms with E-state index in [9.17, 15) is 4.39 Å². The van der Waals surface area contributed by atoms with Crippen molar-refractivity contribution in [1.29, 1.82) is 0 Å². The molecular formula is C15H14BrClFNO. The van der Waals surface area contributed by atoms with E-state index in [1.807, 2.05) is 25.1 Å². The summed E-state index contributed by atoms with van der Waals surface area (Å²) in [6.45, 7) is 1.95. The number of nitrogens with one attached hydrogen (secondary N) is 1. The lowest BCUT2D eigenvalue weighted by Crippen LogP contribution is -2.07. The molecule has 0 amide bonds. The van der Waals surface area contributed by atoms with Crippen molar-refractivity contribution in [3.8, 4) is 5.75 Å². The van der Waals surface area contributed by atoms with E-state index in [2.05, 4.69) is 21.2 Å². The maximum Gasteiger partial charge on any atom is 0.142 e. The van der Waals surface area contributed by atoms with Crippen molar-refractivity contribution in [2.24, 2.45) is 0 Å². The minimum atomic E-state index is -0.412. The Kier molecular flexibility index (Phi) is 4.89. The molecule has 0 radical (unpaired) electrons. The Balaban J connectivity index is 2.20. The van der Waals surface area contributed by atoms with Gasteiger partial charge in [0.05, 0.1) is 12.1 Å². The first-order valence-electron chi connectivity index (χ1n) is 6.05. The lowest BCUT2D eigenvalue weighted by Gasteiger charge is -2.17. The van der Waals surface area contributed by atoms with Gasteiger partial charge in [-0.3, -0.25) is 0 Å². The number of halogens is 3. The Morgan fingerprint density at radius 2 is 2.00 bits per heavy atom. The number of anilines is 1. The summed E-state index contributed by atoms with van der Waals surface area (Å²) in [6, 6.07) is 10.4. The van der Waals surface area contributed by atoms with Crippen LogP contribution in [-0.4, -0.2) is 7.11 Å². The first-order chi connectivity index (χ1) is 9.49. The van der Waals surface area contributed by atoms with Crippen LogP contribution in [0.4, 0.5) is 10.1 Å². The molecule has 0 heterocycles. The van der Waals surface area contributed by atoms with E-state index in [1.54, 1.807) is 19.2 Å². The van der Waals surface area contributed by atoms with Crippen LogP contribution in [0.1, 0.15) is 18.5 Å². The molecule has 1 atom stereocenters. The number of hydrogen-bond donors (Lipinski definition) is 1. The summed E-state index contributed by atoms with van der Waals surface area (Å²) in [4.78, 5) is 0. The summed E-state index contributed by atoms with van der Waals surface area (Å²) in [5.74, 6) is 0.334. The summed E-state index contributed by atoms with van der Waals surface area (Å²) in [6.07, 6.45) is 0. The maximum atomic E-state index is 13.5. The second-order valence-electron chi connectivity index (χ2n) is 4.42. The smallest absolute Gasteiger partial charge is 0.142 e. The molecular weight excluding hydrogens is 345 g/mol. The molecule has 2 aromatic carbocycles. The molecule has 0 saturated carbocycles. The molecule has 20 heavy (non-hydrogen) atoms. The maximum absolute atomic E-state index is 13.5. The van der Waals surface area contributed by atoms with Gasteiger partial charge in [0.15, 0.2) is 0 Å². The molecule has 1 unspecified atom stereocenters. The van der Waals surface area contributed by atoms with Crippen LogP contribution in [0.5, 0.6) is 5.75 Å². The van der Waals surface area contributed by atoms with Crippen molar-refractivity contribution in [1.82, 2.24) is 0 Å². The minimum absolute atomic E-state index is 0.0548. The van der Waals surface area contributed by atoms with Gasteiger partial charge in [0.1, 0.15) is 11.6 Å². The number of methoxy groups -OCH3 is 1. The van der Waals surface area contributed by atoms with Gasteiger partial charge in [0.2, 0.25) is 0 Å². The molecule has 5 heteroatoms. The summed E-state index contributed by atoms with van der Waals surface area (Å²) in [7, 11) is 1.61. The molecule has 0 saturated heterocycles. The second-order valence-corrected chi connectivity index (χ2v) is 5.74. The fraction of sp³-hybridized carbons (Fsp3) is 0.200. The highest BCUT2D eigenvalue weighted by atomic mass is 79.9. The van der Waals surface area contributed by atoms with Crippen LogP contribution in [0.2, 0.25) is 5.02 Å². The molecule has 0 fully saturated rings. The van der Waals surface area contributed by atoms with Gasteiger partial charge in [-0.1, -0.05) is 33.6 Å². The van der Waals surface area contributed by atoms with Crippen molar-refractivity contribution < 1.29 is 9.13 Å². The molecule has 2 aromatic rings. The van der Waals surface area contributed by atoms with E-state index in [0.717, 1.165) is 21.5 Å². The topological polar surface area (TPSA) is 21.3 Å². The first-order valence-corrected chi connectivity index (χ1v) is 7.23. The molecule has 0 spiro atoms. The van der Waals surface area contributed by atoms with Gasteiger partial charge in [-0.15, -0.1) is 0 Å². The van der Waals surface area contributed by atoms with Crippen LogP contribution in [-0.2, 0) is 0 Å². The first kappa shape index (κ1) is 15.1. The lowest BCUT2D eigenvalue weighted by molar-refractivity contribution is 0.414. The van der Waals surface area contributed by atoms with Crippen LogP contribution in [0, 0.1) is 5.82 Å². The normalized spacial score (nSPS) is 12.1. The Bertz CT molecular complexity index is 621. The summed E-state index contributed by atoms with van der Waals surface area (Å²) < 4.78 is 19.6. The van der Waals surface area contributed by atoms with Crippen molar-refractivity contribution in [3.63, 3.8) is 0 Å². The van der Waals surface area contributed by atoms with E-state index in [4.69, 9.17) is 16.3 Å². The molecule has 0 aliphatic rings. The number of hydrogen-bond acceptors (Lipinski definition) is 2. The van der Waals surface area contributed by atoms with Gasteiger partial charge in [0, 0.05) is 22.3 Å². The van der Waals surface area contributed by atoms with Gasteiger partial charge in [-0.05, 0) is 36.8 Å². The molecule has 0 bridgehead atoms. The van der Waals surface area contributed by atoms with Crippen molar-refractivity contribution >= 4 is 33.2 Å². The van der Waals surface area contributed by atoms with Crippen LogP contribution < -0.4 is 10.1 Å². The van der Waals surface area contributed by atoms with E-state index < -0.39 is 5.82 Å². The highest BCUT2D eigenvalue weighted by Gasteiger charge is 2.09. The standard InChI is InChI=1S/C15H14BrClFNO/c1-9(10-3-4-14(17)15(18)5-10)19-12-6-11(16)7-13(8-12)20-2/h3-9,19H,1-2H3. The predicted octanol–water partition coefficient (Wildman–Crippen LogP) is 5.42. The zero-order valence-electron chi connectivity index (χ0n) is 11.1. The minimum Gasteiger partial charge on any atom is -0.497 e. The van der Waals surface area contributed by atoms with E-state index >= 15 is 0 Å². The lowest BCUT2D eigenvalue weighted by atomic mass is 10.1. The zero-order chi connectivity index (χ0) is 14.7. The molecule has 1 N–H and O–H groups in total. The van der Waals surface area contributed by atoms with Gasteiger partial charge in [-0.2, -0.15) is 0 Å². The number of rotatable bonds is 4. The fourth-order valence-corrected chi connectivity index (χ4v) is 2.47. The second kappa shape index (κ2) is 6.46. The van der Waals surface area contributed by atoms with E-state index in [-0.39, 0.29) is 11.1 Å². The highest BCUT2D eigenvalue weighted by molar-refractivity contribution is 9.10. The predicted molar refractivity (Wildman–Crippen MR) is 84.1 cm³/mol. The zero-order valence-corrected chi connectivity index (χ0v) is 13.4. The fourth-order valence-electron chi connectivity index (χ4n) is 1.88.